The van der Waals surface area contributed by atoms with Crippen LogP contribution in [0.5, 0.6) is 0 Å². The van der Waals surface area contributed by atoms with E-state index in [1.807, 2.05) is 24.3 Å². The highest BCUT2D eigenvalue weighted by atomic mass is 19.1. The summed E-state index contributed by atoms with van der Waals surface area (Å²) >= 11 is 0. The van der Waals surface area contributed by atoms with Crippen molar-refractivity contribution in [1.82, 2.24) is 19.6 Å². The molecule has 1 atom stereocenters. The van der Waals surface area contributed by atoms with E-state index in [9.17, 15) is 13.2 Å². The molecule has 4 nitrogen and oxygen atoms in total. The number of benzene rings is 3. The Kier molecular flexibility index (Phi) is 10.7. The Morgan fingerprint density at radius 3 is 1.69 bits per heavy atom. The summed E-state index contributed by atoms with van der Waals surface area (Å²) in [6.45, 7) is 14.6. The van der Waals surface area contributed by atoms with E-state index in [2.05, 4.69) is 33.4 Å². The molecular weight excluding hydrogens is 533 g/mol. The van der Waals surface area contributed by atoms with E-state index < -0.39 is 0 Å². The molecule has 7 heteroatoms. The number of hydrogen-bond acceptors (Lipinski definition) is 4. The largest absolute Gasteiger partial charge is 0.301 e. The second-order valence-corrected chi connectivity index (χ2v) is 12.2. The molecule has 42 heavy (non-hydrogen) atoms. The summed E-state index contributed by atoms with van der Waals surface area (Å²) in [5, 5.41) is 0. The normalized spacial score (nSPS) is 18.6. The zero-order valence-corrected chi connectivity index (χ0v) is 25.1. The van der Waals surface area contributed by atoms with Crippen molar-refractivity contribution in [3.05, 3.63) is 107 Å². The second kappa shape index (κ2) is 14.6. The van der Waals surface area contributed by atoms with Crippen molar-refractivity contribution in [2.45, 2.75) is 44.7 Å². The summed E-state index contributed by atoms with van der Waals surface area (Å²) < 4.78 is 41.8. The molecule has 1 unspecified atom stereocenters. The Hall–Kier alpha value is -2.71. The van der Waals surface area contributed by atoms with Gasteiger partial charge < -0.3 is 4.90 Å². The van der Waals surface area contributed by atoms with Crippen molar-refractivity contribution in [2.75, 3.05) is 65.4 Å². The van der Waals surface area contributed by atoms with Crippen LogP contribution in [0.25, 0.3) is 0 Å². The SMILES string of the molecule is CC(C)N1CCN(C(CN2CCN(CCCC(c3cccc(F)c3)c3cccc(F)c3)CC2)c2ccc(F)cc2)CC1. The van der Waals surface area contributed by atoms with Crippen LogP contribution in [0.3, 0.4) is 0 Å². The molecule has 3 aromatic rings. The lowest BCUT2D eigenvalue weighted by Gasteiger charge is -2.43. The third kappa shape index (κ3) is 8.22. The first kappa shape index (κ1) is 30.7. The molecule has 2 aliphatic rings. The fourth-order valence-corrected chi connectivity index (χ4v) is 6.61. The molecule has 2 fully saturated rings. The summed E-state index contributed by atoms with van der Waals surface area (Å²) in [6, 6.07) is 21.3. The summed E-state index contributed by atoms with van der Waals surface area (Å²) in [7, 11) is 0. The third-order valence-electron chi connectivity index (χ3n) is 9.14. The monoisotopic (exact) mass is 578 g/mol. The molecule has 3 aromatic carbocycles. The van der Waals surface area contributed by atoms with Gasteiger partial charge in [-0.05, 0) is 86.3 Å². The first-order chi connectivity index (χ1) is 20.4. The Bertz CT molecular complexity index is 1210. The van der Waals surface area contributed by atoms with Gasteiger partial charge in [-0.2, -0.15) is 0 Å². The zero-order chi connectivity index (χ0) is 29.5. The van der Waals surface area contributed by atoms with Gasteiger partial charge in [-0.3, -0.25) is 14.7 Å². The molecule has 0 saturated carbocycles. The van der Waals surface area contributed by atoms with Crippen LogP contribution in [0.2, 0.25) is 0 Å². The van der Waals surface area contributed by atoms with Crippen molar-refractivity contribution in [2.24, 2.45) is 0 Å². The molecule has 0 radical (unpaired) electrons. The van der Waals surface area contributed by atoms with Crippen LogP contribution in [-0.2, 0) is 0 Å². The second-order valence-electron chi connectivity index (χ2n) is 12.2. The van der Waals surface area contributed by atoms with E-state index >= 15 is 0 Å². The Morgan fingerprint density at radius 1 is 0.595 bits per heavy atom. The molecule has 0 spiro atoms. The molecule has 2 saturated heterocycles. The minimum Gasteiger partial charge on any atom is -0.301 e. The molecule has 2 heterocycles. The quantitative estimate of drug-likeness (QED) is 0.261. The van der Waals surface area contributed by atoms with E-state index in [0.717, 1.165) is 89.4 Å². The molecule has 5 rings (SSSR count). The van der Waals surface area contributed by atoms with Gasteiger partial charge in [0.1, 0.15) is 17.5 Å². The van der Waals surface area contributed by atoms with Gasteiger partial charge in [0.15, 0.2) is 0 Å². The lowest BCUT2D eigenvalue weighted by Crippen LogP contribution is -2.53. The van der Waals surface area contributed by atoms with Crippen LogP contribution in [0, 0.1) is 17.5 Å². The third-order valence-corrected chi connectivity index (χ3v) is 9.14. The number of piperazine rings is 2. The van der Waals surface area contributed by atoms with Crippen molar-refractivity contribution in [3.63, 3.8) is 0 Å². The number of hydrogen-bond donors (Lipinski definition) is 0. The fourth-order valence-electron chi connectivity index (χ4n) is 6.61. The summed E-state index contributed by atoms with van der Waals surface area (Å²) in [5.74, 6) is -0.741. The minimum atomic E-state index is -0.259. The first-order valence-electron chi connectivity index (χ1n) is 15.5. The molecule has 226 valence electrons. The summed E-state index contributed by atoms with van der Waals surface area (Å²) in [5.41, 5.74) is 2.98. The van der Waals surface area contributed by atoms with E-state index in [1.165, 1.54) is 17.7 Å². The van der Waals surface area contributed by atoms with E-state index in [0.29, 0.717) is 6.04 Å². The van der Waals surface area contributed by atoms with E-state index in [4.69, 9.17) is 0 Å². The maximum absolute atomic E-state index is 14.0. The topological polar surface area (TPSA) is 13.0 Å². The van der Waals surface area contributed by atoms with Crippen LogP contribution >= 0.6 is 0 Å². The maximum atomic E-state index is 14.0. The highest BCUT2D eigenvalue weighted by Gasteiger charge is 2.29. The highest BCUT2D eigenvalue weighted by molar-refractivity contribution is 5.33. The molecule has 0 aliphatic carbocycles. The zero-order valence-electron chi connectivity index (χ0n) is 25.1. The molecule has 0 aromatic heterocycles. The molecule has 0 bridgehead atoms. The lowest BCUT2D eigenvalue weighted by atomic mass is 9.87. The van der Waals surface area contributed by atoms with Gasteiger partial charge in [-0.1, -0.05) is 36.4 Å². The van der Waals surface area contributed by atoms with Gasteiger partial charge in [-0.15, -0.1) is 0 Å². The maximum Gasteiger partial charge on any atom is 0.123 e. The van der Waals surface area contributed by atoms with E-state index in [1.54, 1.807) is 36.4 Å². The summed E-state index contributed by atoms with van der Waals surface area (Å²) in [4.78, 5) is 10.2. The van der Waals surface area contributed by atoms with Crippen molar-refractivity contribution >= 4 is 0 Å². The first-order valence-corrected chi connectivity index (χ1v) is 15.5. The molecular formula is C35H45F3N4. The Labute approximate surface area is 249 Å². The highest BCUT2D eigenvalue weighted by Crippen LogP contribution is 2.31. The van der Waals surface area contributed by atoms with Crippen molar-refractivity contribution < 1.29 is 13.2 Å². The van der Waals surface area contributed by atoms with Crippen molar-refractivity contribution in [1.29, 1.82) is 0 Å². The smallest absolute Gasteiger partial charge is 0.123 e. The fraction of sp³-hybridized carbons (Fsp3) is 0.486. The van der Waals surface area contributed by atoms with Crippen LogP contribution in [0.1, 0.15) is 55.3 Å². The lowest BCUT2D eigenvalue weighted by molar-refractivity contribution is 0.0479. The molecule has 0 N–H and O–H groups in total. The minimum absolute atomic E-state index is 0.0367. The van der Waals surface area contributed by atoms with Gasteiger partial charge in [0.2, 0.25) is 0 Å². The number of rotatable bonds is 11. The van der Waals surface area contributed by atoms with Crippen LogP contribution in [-0.4, -0.2) is 91.1 Å². The van der Waals surface area contributed by atoms with Gasteiger partial charge in [0.05, 0.1) is 0 Å². The van der Waals surface area contributed by atoms with Gasteiger partial charge in [0, 0.05) is 76.9 Å². The van der Waals surface area contributed by atoms with Gasteiger partial charge in [-0.25, -0.2) is 13.2 Å². The Morgan fingerprint density at radius 2 is 1.14 bits per heavy atom. The standard InChI is InChI=1S/C35H45F3N4/c1-27(2)41-20-22-42(23-21-41)35(28-11-13-31(36)14-12-28)26-40-18-16-39(17-19-40)15-5-10-34(29-6-3-8-32(37)24-29)30-7-4-9-33(38)25-30/h3-4,6-9,11-14,24-25,27,34-35H,5,10,15-23,26H2,1-2H3. The van der Waals surface area contributed by atoms with Gasteiger partial charge >= 0.3 is 0 Å². The summed E-state index contributed by atoms with van der Waals surface area (Å²) in [6.07, 6.45) is 1.79. The predicted octanol–water partition coefficient (Wildman–Crippen LogP) is 6.40. The van der Waals surface area contributed by atoms with E-state index in [-0.39, 0.29) is 29.4 Å². The molecule has 0 amide bonds. The average Bonchev–Trinajstić information content (AvgIpc) is 2.99. The Balaban J connectivity index is 1.15. The molecule has 2 aliphatic heterocycles. The predicted molar refractivity (Wildman–Crippen MR) is 164 cm³/mol. The number of nitrogens with zero attached hydrogens (tertiary/aromatic N) is 4. The van der Waals surface area contributed by atoms with Crippen LogP contribution in [0.15, 0.2) is 72.8 Å². The van der Waals surface area contributed by atoms with Gasteiger partial charge in [0.25, 0.3) is 0 Å². The average molecular weight is 579 g/mol. The van der Waals surface area contributed by atoms with Crippen LogP contribution < -0.4 is 0 Å². The van der Waals surface area contributed by atoms with Crippen LogP contribution in [0.4, 0.5) is 13.2 Å². The van der Waals surface area contributed by atoms with Crippen molar-refractivity contribution in [3.8, 4) is 0 Å². The number of halogens is 3.